The van der Waals surface area contributed by atoms with Crippen LogP contribution in [0.15, 0.2) is 39.2 Å². The number of carbonyl (C=O) groups is 1. The van der Waals surface area contributed by atoms with Crippen LogP contribution in [0.3, 0.4) is 0 Å². The van der Waals surface area contributed by atoms with Crippen LogP contribution in [-0.2, 0) is 14.8 Å². The van der Waals surface area contributed by atoms with Crippen molar-refractivity contribution in [2.45, 2.75) is 66.5 Å². The molecule has 1 aromatic carbocycles. The van der Waals surface area contributed by atoms with E-state index in [0.717, 1.165) is 11.8 Å². The molecule has 2 aromatic rings. The predicted octanol–water partition coefficient (Wildman–Crippen LogP) is 3.39. The lowest BCUT2D eigenvalue weighted by Crippen LogP contribution is -2.54. The minimum atomic E-state index is -3.96. The van der Waals surface area contributed by atoms with E-state index in [1.54, 1.807) is 18.3 Å². The summed E-state index contributed by atoms with van der Waals surface area (Å²) in [5, 5.41) is 8.59. The van der Waals surface area contributed by atoms with Gasteiger partial charge in [0.15, 0.2) is 5.82 Å². The lowest BCUT2D eigenvalue weighted by atomic mass is 9.90. The fraction of sp³-hybridized carbons (Fsp3) is 0.476. The maximum absolute atomic E-state index is 12.2. The second-order valence-electron chi connectivity index (χ2n) is 9.31. The first-order chi connectivity index (χ1) is 15.7. The highest BCUT2D eigenvalue weighted by Gasteiger charge is 2.33. The fourth-order valence-electron chi connectivity index (χ4n) is 3.41. The molecule has 1 fully saturated rings. The number of halogens is 1. The molecule has 1 aliphatic rings. The molecule has 186 valence electrons. The van der Waals surface area contributed by atoms with Gasteiger partial charge in [-0.2, -0.15) is 0 Å². The summed E-state index contributed by atoms with van der Waals surface area (Å²) in [4.78, 5) is 23.4. The first-order valence-corrected chi connectivity index (χ1v) is 13.3. The van der Waals surface area contributed by atoms with E-state index in [1.165, 1.54) is 6.07 Å². The predicted molar refractivity (Wildman–Crippen MR) is 133 cm³/mol. The van der Waals surface area contributed by atoms with Crippen LogP contribution in [0.1, 0.15) is 40.5 Å². The van der Waals surface area contributed by atoms with Crippen LogP contribution in [0.2, 0.25) is 5.02 Å². The summed E-state index contributed by atoms with van der Waals surface area (Å²) < 4.78 is 28.8. The highest BCUT2D eigenvalue weighted by molar-refractivity contribution is 7.99. The van der Waals surface area contributed by atoms with Crippen molar-refractivity contribution < 1.29 is 17.9 Å². The Balaban J connectivity index is 1.67. The quantitative estimate of drug-likeness (QED) is 0.529. The topological polar surface area (TPSA) is 154 Å². The number of rotatable bonds is 5. The van der Waals surface area contributed by atoms with E-state index in [1.807, 2.05) is 32.6 Å². The average Bonchev–Trinajstić information content (AvgIpc) is 2.69. The molecule has 2 heterocycles. The Kier molecular flexibility index (Phi) is 7.56. The highest BCUT2D eigenvalue weighted by atomic mass is 35.5. The number of benzene rings is 1. The fourth-order valence-corrected chi connectivity index (χ4v) is 5.48. The molecule has 1 aliphatic heterocycles. The molecule has 5 N–H and O–H groups in total. The Morgan fingerprint density at radius 2 is 1.94 bits per heavy atom. The number of ether oxygens (including phenoxy) is 1. The second-order valence-corrected chi connectivity index (χ2v) is 12.2. The zero-order valence-corrected chi connectivity index (χ0v) is 21.9. The van der Waals surface area contributed by atoms with E-state index in [0.29, 0.717) is 41.7 Å². The Morgan fingerprint density at radius 1 is 1.29 bits per heavy atom. The number of nitrogens with two attached hydrogens (primary N) is 2. The maximum Gasteiger partial charge on any atom is 0.408 e. The van der Waals surface area contributed by atoms with Gasteiger partial charge in [0.2, 0.25) is 10.0 Å². The zero-order valence-electron chi connectivity index (χ0n) is 19.5. The Morgan fingerprint density at radius 3 is 2.50 bits per heavy atom. The van der Waals surface area contributed by atoms with Gasteiger partial charge < -0.3 is 20.7 Å². The number of nitrogens with zero attached hydrogens (tertiary/aromatic N) is 3. The lowest BCUT2D eigenvalue weighted by Gasteiger charge is -2.40. The number of piperidine rings is 1. The van der Waals surface area contributed by atoms with Gasteiger partial charge in [-0.3, -0.25) is 0 Å². The molecule has 0 aliphatic carbocycles. The van der Waals surface area contributed by atoms with Crippen LogP contribution >= 0.6 is 23.4 Å². The molecule has 34 heavy (non-hydrogen) atoms. The summed E-state index contributed by atoms with van der Waals surface area (Å²) in [5.41, 5.74) is 5.20. The van der Waals surface area contributed by atoms with Crippen LogP contribution in [-0.4, -0.2) is 48.7 Å². The van der Waals surface area contributed by atoms with Gasteiger partial charge in [0.05, 0.1) is 11.2 Å². The van der Waals surface area contributed by atoms with Gasteiger partial charge in [-0.1, -0.05) is 29.4 Å². The van der Waals surface area contributed by atoms with E-state index >= 15 is 0 Å². The SMILES string of the molecule is CC1(NC(=O)OC(C)(C)C)CCN(c2cnc(Sc3cccc(S(N)(=O)=O)c3Cl)c(N)n2)CC1. The first-order valence-electron chi connectivity index (χ1n) is 10.5. The van der Waals surface area contributed by atoms with E-state index in [2.05, 4.69) is 15.3 Å². The molecule has 0 spiro atoms. The largest absolute Gasteiger partial charge is 0.444 e. The number of anilines is 2. The molecule has 3 rings (SSSR count). The molecular weight excluding hydrogens is 500 g/mol. The van der Waals surface area contributed by atoms with Crippen molar-refractivity contribution in [2.24, 2.45) is 5.14 Å². The Hall–Kier alpha value is -2.28. The summed E-state index contributed by atoms with van der Waals surface area (Å²) in [7, 11) is -3.96. The van der Waals surface area contributed by atoms with Crippen molar-refractivity contribution in [3.05, 3.63) is 29.4 Å². The number of alkyl carbamates (subject to hydrolysis) is 1. The molecule has 0 radical (unpaired) electrons. The van der Waals surface area contributed by atoms with Crippen molar-refractivity contribution in [1.29, 1.82) is 0 Å². The molecule has 0 atom stereocenters. The van der Waals surface area contributed by atoms with Crippen molar-refractivity contribution in [2.75, 3.05) is 23.7 Å². The number of hydrogen-bond donors (Lipinski definition) is 3. The normalized spacial score (nSPS) is 16.2. The molecule has 1 saturated heterocycles. The smallest absolute Gasteiger partial charge is 0.408 e. The van der Waals surface area contributed by atoms with Gasteiger partial charge in [-0.15, -0.1) is 0 Å². The summed E-state index contributed by atoms with van der Waals surface area (Å²) in [5.74, 6) is 0.811. The monoisotopic (exact) mass is 528 g/mol. The minimum absolute atomic E-state index is 0.00748. The standard InChI is InChI=1S/C21H29ClN6O4S2/c1-20(2,3)32-19(29)27-21(4)8-10-28(11-9-21)15-12-25-18(17(23)26-15)33-13-6-5-7-14(16(13)22)34(24,30)31/h5-7,12H,8-11H2,1-4H3,(H2,23,26)(H,27,29)(H2,24,30,31). The van der Waals surface area contributed by atoms with Gasteiger partial charge in [0.1, 0.15) is 21.3 Å². The van der Waals surface area contributed by atoms with Crippen molar-refractivity contribution in [1.82, 2.24) is 15.3 Å². The van der Waals surface area contributed by atoms with Gasteiger partial charge in [-0.25, -0.2) is 28.3 Å². The van der Waals surface area contributed by atoms with Crippen molar-refractivity contribution in [3.63, 3.8) is 0 Å². The van der Waals surface area contributed by atoms with Crippen LogP contribution in [0, 0.1) is 0 Å². The summed E-state index contributed by atoms with van der Waals surface area (Å²) in [6.45, 7) is 8.77. The average molecular weight is 529 g/mol. The minimum Gasteiger partial charge on any atom is -0.444 e. The molecule has 0 unspecified atom stereocenters. The molecule has 0 bridgehead atoms. The number of aromatic nitrogens is 2. The van der Waals surface area contributed by atoms with Crippen molar-refractivity contribution >= 4 is 51.1 Å². The van der Waals surface area contributed by atoms with Crippen molar-refractivity contribution in [3.8, 4) is 0 Å². The number of nitrogen functional groups attached to an aromatic ring is 1. The molecular formula is C21H29ClN6O4S2. The van der Waals surface area contributed by atoms with E-state index in [-0.39, 0.29) is 15.7 Å². The van der Waals surface area contributed by atoms with E-state index in [9.17, 15) is 13.2 Å². The van der Waals surface area contributed by atoms with Gasteiger partial charge in [-0.05, 0) is 52.7 Å². The highest BCUT2D eigenvalue weighted by Crippen LogP contribution is 2.38. The lowest BCUT2D eigenvalue weighted by molar-refractivity contribution is 0.0448. The summed E-state index contributed by atoms with van der Waals surface area (Å²) >= 11 is 7.34. The number of primary sulfonamides is 1. The van der Waals surface area contributed by atoms with Crippen LogP contribution in [0.4, 0.5) is 16.4 Å². The maximum atomic E-state index is 12.2. The van der Waals surface area contributed by atoms with E-state index < -0.39 is 27.3 Å². The molecule has 1 amide bonds. The first kappa shape index (κ1) is 26.3. The number of sulfonamides is 1. The zero-order chi connectivity index (χ0) is 25.3. The number of carbonyl (C=O) groups excluding carboxylic acids is 1. The molecule has 10 nitrogen and oxygen atoms in total. The van der Waals surface area contributed by atoms with Crippen LogP contribution < -0.4 is 21.1 Å². The molecule has 0 saturated carbocycles. The van der Waals surface area contributed by atoms with Gasteiger partial charge >= 0.3 is 6.09 Å². The summed E-state index contributed by atoms with van der Waals surface area (Å²) in [6.07, 6.45) is 2.57. The second kappa shape index (κ2) is 9.76. The van der Waals surface area contributed by atoms with Crippen LogP contribution in [0.5, 0.6) is 0 Å². The van der Waals surface area contributed by atoms with Gasteiger partial charge in [0.25, 0.3) is 0 Å². The Bertz CT molecular complexity index is 1180. The molecule has 1 aromatic heterocycles. The van der Waals surface area contributed by atoms with E-state index in [4.69, 9.17) is 27.2 Å². The number of nitrogens with one attached hydrogen (secondary N) is 1. The summed E-state index contributed by atoms with van der Waals surface area (Å²) in [6, 6.07) is 4.53. The number of amides is 1. The Labute approximate surface area is 208 Å². The van der Waals surface area contributed by atoms with Crippen LogP contribution in [0.25, 0.3) is 0 Å². The third-order valence-corrected chi connectivity index (χ3v) is 7.84. The number of hydrogen-bond acceptors (Lipinski definition) is 9. The molecule has 13 heteroatoms. The third-order valence-electron chi connectivity index (χ3n) is 5.19. The third kappa shape index (κ3) is 6.65. The van der Waals surface area contributed by atoms with Gasteiger partial charge in [0, 0.05) is 23.5 Å².